The SMILES string of the molecule is C[C@@H]1CC(=O)C2=C(C1)OC(N)=C(C#N)[C@H]2c1ccc2ccccc2c1. The first-order valence-corrected chi connectivity index (χ1v) is 8.41. The summed E-state index contributed by atoms with van der Waals surface area (Å²) in [4.78, 5) is 12.7. The quantitative estimate of drug-likeness (QED) is 0.860. The number of nitriles is 1. The lowest BCUT2D eigenvalue weighted by Crippen LogP contribution is -2.29. The number of ether oxygens (including phenoxy) is 1. The third-order valence-electron chi connectivity index (χ3n) is 4.97. The molecule has 0 radical (unpaired) electrons. The molecular formula is C21H18N2O2. The van der Waals surface area contributed by atoms with Crippen LogP contribution in [0.25, 0.3) is 10.8 Å². The standard InChI is InChI=1S/C21H18N2O2/c1-12-8-17(24)20-18(9-12)25-21(23)16(11-22)19(20)15-7-6-13-4-2-3-5-14(13)10-15/h2-7,10,12,19H,8-9,23H2,1H3/t12-,19-/m1/s1. The monoisotopic (exact) mass is 330 g/mol. The van der Waals surface area contributed by atoms with E-state index in [0.29, 0.717) is 29.7 Å². The average Bonchev–Trinajstić information content (AvgIpc) is 2.59. The van der Waals surface area contributed by atoms with Gasteiger partial charge in [-0.3, -0.25) is 4.79 Å². The van der Waals surface area contributed by atoms with Crippen LogP contribution >= 0.6 is 0 Å². The highest BCUT2D eigenvalue weighted by atomic mass is 16.5. The van der Waals surface area contributed by atoms with Crippen molar-refractivity contribution in [1.29, 1.82) is 5.26 Å². The third-order valence-corrected chi connectivity index (χ3v) is 4.97. The molecule has 4 nitrogen and oxygen atoms in total. The van der Waals surface area contributed by atoms with Gasteiger partial charge in [-0.05, 0) is 22.3 Å². The minimum Gasteiger partial charge on any atom is -0.444 e. The Balaban J connectivity index is 1.92. The molecule has 124 valence electrons. The lowest BCUT2D eigenvalue weighted by molar-refractivity contribution is -0.117. The van der Waals surface area contributed by atoms with Crippen LogP contribution in [-0.4, -0.2) is 5.78 Å². The molecule has 0 spiro atoms. The molecule has 0 aromatic heterocycles. The van der Waals surface area contributed by atoms with E-state index in [1.165, 1.54) is 0 Å². The van der Waals surface area contributed by atoms with Gasteiger partial charge in [-0.25, -0.2) is 0 Å². The molecule has 25 heavy (non-hydrogen) atoms. The minimum absolute atomic E-state index is 0.0483. The molecule has 0 amide bonds. The zero-order valence-electron chi connectivity index (χ0n) is 14.0. The van der Waals surface area contributed by atoms with E-state index < -0.39 is 5.92 Å². The summed E-state index contributed by atoms with van der Waals surface area (Å²) in [7, 11) is 0. The van der Waals surface area contributed by atoms with E-state index in [1.54, 1.807) is 0 Å². The van der Waals surface area contributed by atoms with Crippen molar-refractivity contribution in [3.05, 3.63) is 70.8 Å². The molecule has 2 aromatic carbocycles. The molecule has 0 fully saturated rings. The van der Waals surface area contributed by atoms with Gasteiger partial charge in [0.1, 0.15) is 17.4 Å². The van der Waals surface area contributed by atoms with Gasteiger partial charge in [0.15, 0.2) is 5.78 Å². The fraction of sp³-hybridized carbons (Fsp3) is 0.238. The molecular weight excluding hydrogens is 312 g/mol. The first-order chi connectivity index (χ1) is 12.1. The molecule has 4 rings (SSSR count). The van der Waals surface area contributed by atoms with Gasteiger partial charge in [-0.2, -0.15) is 5.26 Å². The first kappa shape index (κ1) is 15.5. The number of fused-ring (bicyclic) bond motifs is 1. The third kappa shape index (κ3) is 2.49. The second-order valence-electron chi connectivity index (χ2n) is 6.80. The van der Waals surface area contributed by atoms with E-state index >= 15 is 0 Å². The number of hydrogen-bond donors (Lipinski definition) is 1. The number of carbonyl (C=O) groups is 1. The molecule has 2 aliphatic rings. The largest absolute Gasteiger partial charge is 0.444 e. The number of Topliss-reactive ketones (excluding diaryl/α,β-unsaturated/α-hetero) is 1. The van der Waals surface area contributed by atoms with E-state index in [-0.39, 0.29) is 17.6 Å². The highest BCUT2D eigenvalue weighted by Crippen LogP contribution is 2.44. The van der Waals surface area contributed by atoms with E-state index in [1.807, 2.05) is 49.4 Å². The van der Waals surface area contributed by atoms with Crippen LogP contribution in [0.2, 0.25) is 0 Å². The van der Waals surface area contributed by atoms with Gasteiger partial charge in [0.2, 0.25) is 5.88 Å². The maximum Gasteiger partial charge on any atom is 0.205 e. The lowest BCUT2D eigenvalue weighted by atomic mass is 9.75. The number of allylic oxidation sites excluding steroid dienone is 3. The van der Waals surface area contributed by atoms with Crippen molar-refractivity contribution in [3.63, 3.8) is 0 Å². The molecule has 2 N–H and O–H groups in total. The molecule has 4 heteroatoms. The van der Waals surface area contributed by atoms with Crippen LogP contribution in [0.4, 0.5) is 0 Å². The van der Waals surface area contributed by atoms with Crippen LogP contribution in [0.5, 0.6) is 0 Å². The number of nitrogens with zero attached hydrogens (tertiary/aromatic N) is 1. The molecule has 0 saturated carbocycles. The summed E-state index contributed by atoms with van der Waals surface area (Å²) in [5.41, 5.74) is 7.83. The molecule has 0 unspecified atom stereocenters. The van der Waals surface area contributed by atoms with Crippen LogP contribution in [0.3, 0.4) is 0 Å². The molecule has 1 aliphatic carbocycles. The van der Waals surface area contributed by atoms with Crippen LogP contribution in [0, 0.1) is 17.2 Å². The second-order valence-corrected chi connectivity index (χ2v) is 6.80. The Morgan fingerprint density at radius 3 is 2.68 bits per heavy atom. The Kier molecular flexibility index (Phi) is 3.58. The Morgan fingerprint density at radius 2 is 1.92 bits per heavy atom. The predicted molar refractivity (Wildman–Crippen MR) is 95.0 cm³/mol. The van der Waals surface area contributed by atoms with Crippen molar-refractivity contribution in [1.82, 2.24) is 0 Å². The normalized spacial score (nSPS) is 23.3. The number of hydrogen-bond acceptors (Lipinski definition) is 4. The van der Waals surface area contributed by atoms with Gasteiger partial charge in [0, 0.05) is 18.4 Å². The maximum atomic E-state index is 12.7. The summed E-state index contributed by atoms with van der Waals surface area (Å²) in [5, 5.41) is 11.8. The van der Waals surface area contributed by atoms with Gasteiger partial charge in [0.05, 0.1) is 5.92 Å². The number of ketones is 1. The van der Waals surface area contributed by atoms with E-state index in [2.05, 4.69) is 6.07 Å². The fourth-order valence-electron chi connectivity index (χ4n) is 3.81. The van der Waals surface area contributed by atoms with Gasteiger partial charge in [-0.1, -0.05) is 49.4 Å². The average molecular weight is 330 g/mol. The fourth-order valence-corrected chi connectivity index (χ4v) is 3.81. The Hall–Kier alpha value is -3.06. The maximum absolute atomic E-state index is 12.7. The lowest BCUT2D eigenvalue weighted by Gasteiger charge is -2.33. The van der Waals surface area contributed by atoms with Crippen LogP contribution in [-0.2, 0) is 9.53 Å². The van der Waals surface area contributed by atoms with E-state index in [0.717, 1.165) is 16.3 Å². The number of rotatable bonds is 1. The smallest absolute Gasteiger partial charge is 0.205 e. The van der Waals surface area contributed by atoms with Crippen LogP contribution in [0.15, 0.2) is 65.3 Å². The van der Waals surface area contributed by atoms with Gasteiger partial charge < -0.3 is 10.5 Å². The summed E-state index contributed by atoms with van der Waals surface area (Å²) in [5.74, 6) is 0.560. The zero-order chi connectivity index (χ0) is 17.6. The summed E-state index contributed by atoms with van der Waals surface area (Å²) in [6, 6.07) is 16.2. The summed E-state index contributed by atoms with van der Waals surface area (Å²) < 4.78 is 5.67. The van der Waals surface area contributed by atoms with Gasteiger partial charge in [-0.15, -0.1) is 0 Å². The van der Waals surface area contributed by atoms with Crippen LogP contribution in [0.1, 0.15) is 31.2 Å². The summed E-state index contributed by atoms with van der Waals surface area (Å²) in [6.45, 7) is 2.02. The summed E-state index contributed by atoms with van der Waals surface area (Å²) >= 11 is 0. The number of benzene rings is 2. The van der Waals surface area contributed by atoms with Crippen molar-refractivity contribution < 1.29 is 9.53 Å². The highest BCUT2D eigenvalue weighted by molar-refractivity contribution is 6.00. The van der Waals surface area contributed by atoms with Crippen molar-refractivity contribution >= 4 is 16.6 Å². The Morgan fingerprint density at radius 1 is 1.16 bits per heavy atom. The highest BCUT2D eigenvalue weighted by Gasteiger charge is 2.39. The van der Waals surface area contributed by atoms with Crippen molar-refractivity contribution in [2.75, 3.05) is 0 Å². The molecule has 0 saturated heterocycles. The molecule has 2 atom stereocenters. The Labute approximate surface area is 146 Å². The van der Waals surface area contributed by atoms with Crippen molar-refractivity contribution in [3.8, 4) is 6.07 Å². The zero-order valence-corrected chi connectivity index (χ0v) is 14.0. The summed E-state index contributed by atoms with van der Waals surface area (Å²) in [6.07, 6.45) is 1.15. The van der Waals surface area contributed by atoms with E-state index in [9.17, 15) is 10.1 Å². The van der Waals surface area contributed by atoms with Crippen molar-refractivity contribution in [2.45, 2.75) is 25.7 Å². The topological polar surface area (TPSA) is 76.1 Å². The Bertz CT molecular complexity index is 994. The first-order valence-electron chi connectivity index (χ1n) is 8.41. The molecule has 0 bridgehead atoms. The minimum atomic E-state index is -0.446. The number of nitrogens with two attached hydrogens (primary N) is 1. The predicted octanol–water partition coefficient (Wildman–Crippen LogP) is 3.90. The molecule has 1 heterocycles. The molecule has 2 aromatic rings. The molecule has 1 aliphatic heterocycles. The van der Waals surface area contributed by atoms with E-state index in [4.69, 9.17) is 10.5 Å². The van der Waals surface area contributed by atoms with Gasteiger partial charge >= 0.3 is 0 Å². The number of carbonyl (C=O) groups excluding carboxylic acids is 1. The van der Waals surface area contributed by atoms with Crippen molar-refractivity contribution in [2.24, 2.45) is 11.7 Å². The van der Waals surface area contributed by atoms with Gasteiger partial charge in [0.25, 0.3) is 0 Å². The van der Waals surface area contributed by atoms with Crippen LogP contribution < -0.4 is 5.73 Å². The second kappa shape index (κ2) is 5.78.